The monoisotopic (exact) mass is 342 g/mol. The highest BCUT2D eigenvalue weighted by Crippen LogP contribution is 2.40. The number of carbonyl (C=O) groups is 1. The van der Waals surface area contributed by atoms with E-state index in [1.54, 1.807) is 0 Å². The van der Waals surface area contributed by atoms with Crippen molar-refractivity contribution >= 4 is 5.97 Å². The van der Waals surface area contributed by atoms with Crippen LogP contribution in [0.5, 0.6) is 0 Å². The van der Waals surface area contributed by atoms with Crippen molar-refractivity contribution in [3.63, 3.8) is 0 Å². The van der Waals surface area contributed by atoms with Crippen LogP contribution in [0.4, 0.5) is 0 Å². The Kier molecular flexibility index (Phi) is 8.21. The maximum atomic E-state index is 12.2. The minimum absolute atomic E-state index is 0.0938. The van der Waals surface area contributed by atoms with Crippen LogP contribution in [0.2, 0.25) is 0 Å². The lowest BCUT2D eigenvalue weighted by atomic mass is 9.74. The molecule has 0 spiro atoms. The molecule has 0 heterocycles. The third kappa shape index (κ3) is 5.19. The molecule has 1 aliphatic rings. The fourth-order valence-corrected chi connectivity index (χ4v) is 3.59. The summed E-state index contributed by atoms with van der Waals surface area (Å²) in [6.07, 6.45) is 6.78. The van der Waals surface area contributed by atoms with Gasteiger partial charge in [0.2, 0.25) is 0 Å². The van der Waals surface area contributed by atoms with Crippen molar-refractivity contribution in [1.82, 2.24) is 0 Å². The molecule has 142 valence electrons. The molecule has 1 atom stereocenters. The molecule has 1 unspecified atom stereocenters. The molecule has 0 aliphatic heterocycles. The van der Waals surface area contributed by atoms with E-state index in [0.29, 0.717) is 5.92 Å². The van der Waals surface area contributed by atoms with E-state index in [1.165, 1.54) is 19.3 Å². The number of ether oxygens (including phenoxy) is 2. The normalized spacial score (nSPS) is 18.7. The Hall–Kier alpha value is -0.610. The van der Waals surface area contributed by atoms with Crippen LogP contribution in [0, 0.1) is 17.3 Å². The van der Waals surface area contributed by atoms with Crippen LogP contribution in [0.25, 0.3) is 0 Å². The van der Waals surface area contributed by atoms with Gasteiger partial charge in [0.15, 0.2) is 6.29 Å². The molecule has 0 aromatic rings. The Balaban J connectivity index is 2.62. The van der Waals surface area contributed by atoms with Crippen LogP contribution in [-0.2, 0) is 14.3 Å². The molecule has 1 fully saturated rings. The predicted molar refractivity (Wildman–Crippen MR) is 96.6 cm³/mol. The van der Waals surface area contributed by atoms with Gasteiger partial charge in [0.05, 0.1) is 11.0 Å². The summed E-state index contributed by atoms with van der Waals surface area (Å²) < 4.78 is 11.4. The third-order valence-corrected chi connectivity index (χ3v) is 6.24. The molecule has 0 aromatic heterocycles. The summed E-state index contributed by atoms with van der Waals surface area (Å²) in [6.45, 7) is 11.9. The molecule has 1 saturated carbocycles. The standard InChI is InChI=1S/C20H38O4/c1-7-20(8-2,16-12-10-9-11-13-16)24-17(21)14-23-18(22)19(5,6)15(3)4/h15-17,21H,7-14H2,1-6H3. The average Bonchev–Trinajstić information content (AvgIpc) is 2.58. The first kappa shape index (κ1) is 21.4. The Morgan fingerprint density at radius 2 is 1.67 bits per heavy atom. The molecule has 0 radical (unpaired) electrons. The van der Waals surface area contributed by atoms with E-state index in [2.05, 4.69) is 13.8 Å². The minimum Gasteiger partial charge on any atom is -0.460 e. The molecule has 1 aliphatic carbocycles. The first-order valence-electron chi connectivity index (χ1n) is 9.72. The topological polar surface area (TPSA) is 55.8 Å². The van der Waals surface area contributed by atoms with E-state index in [1.807, 2.05) is 27.7 Å². The Morgan fingerprint density at radius 1 is 1.12 bits per heavy atom. The molecular formula is C20H38O4. The number of esters is 1. The lowest BCUT2D eigenvalue weighted by molar-refractivity contribution is -0.232. The number of aliphatic hydroxyl groups is 1. The second-order valence-corrected chi connectivity index (χ2v) is 8.15. The van der Waals surface area contributed by atoms with Crippen LogP contribution in [0.1, 0.15) is 86.5 Å². The van der Waals surface area contributed by atoms with Gasteiger partial charge in [-0.3, -0.25) is 4.79 Å². The lowest BCUT2D eigenvalue weighted by Gasteiger charge is -2.42. The summed E-state index contributed by atoms with van der Waals surface area (Å²) in [5.41, 5.74) is -0.866. The van der Waals surface area contributed by atoms with Gasteiger partial charge in [-0.15, -0.1) is 0 Å². The summed E-state index contributed by atoms with van der Waals surface area (Å²) in [4.78, 5) is 12.2. The third-order valence-electron chi connectivity index (χ3n) is 6.24. The fraction of sp³-hybridized carbons (Fsp3) is 0.950. The van der Waals surface area contributed by atoms with Gasteiger partial charge >= 0.3 is 5.97 Å². The molecule has 1 N–H and O–H groups in total. The second-order valence-electron chi connectivity index (χ2n) is 8.15. The summed E-state index contributed by atoms with van der Waals surface area (Å²) in [6, 6.07) is 0. The highest BCUT2D eigenvalue weighted by atomic mass is 16.6. The molecule has 0 aromatic carbocycles. The van der Waals surface area contributed by atoms with E-state index in [0.717, 1.165) is 25.7 Å². The van der Waals surface area contributed by atoms with Crippen molar-refractivity contribution in [3.8, 4) is 0 Å². The largest absolute Gasteiger partial charge is 0.460 e. The van der Waals surface area contributed by atoms with Crippen LogP contribution in [-0.4, -0.2) is 29.6 Å². The lowest BCUT2D eigenvalue weighted by Crippen LogP contribution is -2.45. The van der Waals surface area contributed by atoms with Crippen LogP contribution >= 0.6 is 0 Å². The molecule has 0 bridgehead atoms. The smallest absolute Gasteiger partial charge is 0.311 e. The molecule has 1 rings (SSSR count). The molecular weight excluding hydrogens is 304 g/mol. The van der Waals surface area contributed by atoms with E-state index in [4.69, 9.17) is 9.47 Å². The SMILES string of the molecule is CCC(CC)(OC(O)COC(=O)C(C)(C)C(C)C)C1CCCCC1. The first-order chi connectivity index (χ1) is 11.2. The van der Waals surface area contributed by atoms with Crippen LogP contribution < -0.4 is 0 Å². The van der Waals surface area contributed by atoms with Gasteiger partial charge in [-0.05, 0) is 51.4 Å². The highest BCUT2D eigenvalue weighted by Gasteiger charge is 2.40. The van der Waals surface area contributed by atoms with E-state index < -0.39 is 11.7 Å². The van der Waals surface area contributed by atoms with Crippen molar-refractivity contribution in [2.24, 2.45) is 17.3 Å². The first-order valence-corrected chi connectivity index (χ1v) is 9.72. The quantitative estimate of drug-likeness (QED) is 0.488. The van der Waals surface area contributed by atoms with Crippen molar-refractivity contribution < 1.29 is 19.4 Å². The molecule has 24 heavy (non-hydrogen) atoms. The Morgan fingerprint density at radius 3 is 2.12 bits per heavy atom. The number of hydrogen-bond donors (Lipinski definition) is 1. The van der Waals surface area contributed by atoms with Crippen molar-refractivity contribution in [2.75, 3.05) is 6.61 Å². The maximum absolute atomic E-state index is 12.2. The van der Waals surface area contributed by atoms with E-state index in [9.17, 15) is 9.90 Å². The average molecular weight is 343 g/mol. The molecule has 0 saturated heterocycles. The fourth-order valence-electron chi connectivity index (χ4n) is 3.59. The molecule has 0 amide bonds. The van der Waals surface area contributed by atoms with Gasteiger partial charge in [0.1, 0.15) is 6.61 Å². The number of aliphatic hydroxyl groups excluding tert-OH is 1. The number of carbonyl (C=O) groups excluding carboxylic acids is 1. The van der Waals surface area contributed by atoms with Crippen LogP contribution in [0.15, 0.2) is 0 Å². The van der Waals surface area contributed by atoms with E-state index >= 15 is 0 Å². The molecule has 4 heteroatoms. The van der Waals surface area contributed by atoms with E-state index in [-0.39, 0.29) is 24.1 Å². The van der Waals surface area contributed by atoms with Crippen molar-refractivity contribution in [1.29, 1.82) is 0 Å². The Labute approximate surface area is 148 Å². The van der Waals surface area contributed by atoms with Gasteiger partial charge in [-0.25, -0.2) is 0 Å². The highest BCUT2D eigenvalue weighted by molar-refractivity contribution is 5.76. The zero-order valence-corrected chi connectivity index (χ0v) is 16.6. The summed E-state index contributed by atoms with van der Waals surface area (Å²) in [5, 5.41) is 10.3. The second kappa shape index (κ2) is 9.19. The van der Waals surface area contributed by atoms with Crippen molar-refractivity contribution in [3.05, 3.63) is 0 Å². The zero-order valence-electron chi connectivity index (χ0n) is 16.6. The van der Waals surface area contributed by atoms with Gasteiger partial charge in [-0.1, -0.05) is 47.0 Å². The Bertz CT molecular complexity index is 379. The number of hydrogen-bond acceptors (Lipinski definition) is 4. The number of rotatable bonds is 9. The van der Waals surface area contributed by atoms with Crippen LogP contribution in [0.3, 0.4) is 0 Å². The summed E-state index contributed by atoms with van der Waals surface area (Å²) in [7, 11) is 0. The van der Waals surface area contributed by atoms with Crippen molar-refractivity contribution in [2.45, 2.75) is 98.4 Å². The summed E-state index contributed by atoms with van der Waals surface area (Å²) in [5.74, 6) is 0.380. The predicted octanol–water partition coefficient (Wildman–Crippen LogP) is 4.69. The van der Waals surface area contributed by atoms with Gasteiger partial charge in [-0.2, -0.15) is 0 Å². The molecule has 4 nitrogen and oxygen atoms in total. The minimum atomic E-state index is -1.06. The van der Waals surface area contributed by atoms with Gasteiger partial charge < -0.3 is 14.6 Å². The zero-order chi connectivity index (χ0) is 18.4. The summed E-state index contributed by atoms with van der Waals surface area (Å²) >= 11 is 0. The maximum Gasteiger partial charge on any atom is 0.311 e. The van der Waals surface area contributed by atoms with Gasteiger partial charge in [0, 0.05) is 0 Å². The van der Waals surface area contributed by atoms with Gasteiger partial charge in [0.25, 0.3) is 0 Å².